The van der Waals surface area contributed by atoms with Crippen LogP contribution in [0.5, 0.6) is 0 Å². The van der Waals surface area contributed by atoms with Gasteiger partial charge in [-0.05, 0) is 24.3 Å². The number of amides is 1. The Bertz CT molecular complexity index is 1480. The van der Waals surface area contributed by atoms with Crippen molar-refractivity contribution >= 4 is 26.8 Å². The maximum absolute atomic E-state index is 14.0. The van der Waals surface area contributed by atoms with Crippen molar-refractivity contribution in [1.82, 2.24) is 18.8 Å². The Hall–Kier alpha value is -3.45. The number of hydrogen-bond acceptors (Lipinski definition) is 5. The molecule has 1 fully saturated rings. The van der Waals surface area contributed by atoms with Crippen molar-refractivity contribution in [3.63, 3.8) is 0 Å². The minimum atomic E-state index is -4.47. The third kappa shape index (κ3) is 4.04. The number of carbonyl (C=O) groups is 1. The standard InChI is InChI=1S/C20H17F3N4O5S/c21-13-5-6-15(18(23)17(13)22)33(31,32)26-9-7-25(8-10-26)16(28)11-27-19(29)12-3-1-2-4-14(12)24-20(27)30/h1-6H,7-11H2,(H,24,30). The zero-order valence-corrected chi connectivity index (χ0v) is 17.7. The lowest BCUT2D eigenvalue weighted by Crippen LogP contribution is -2.52. The molecule has 0 atom stereocenters. The first kappa shape index (κ1) is 22.7. The van der Waals surface area contributed by atoms with Gasteiger partial charge < -0.3 is 9.88 Å². The Kier molecular flexibility index (Phi) is 5.84. The van der Waals surface area contributed by atoms with Gasteiger partial charge in [0.2, 0.25) is 15.9 Å². The van der Waals surface area contributed by atoms with Crippen LogP contribution in [0.4, 0.5) is 13.2 Å². The molecule has 1 aliphatic rings. The summed E-state index contributed by atoms with van der Waals surface area (Å²) in [7, 11) is -4.47. The molecule has 2 heterocycles. The van der Waals surface area contributed by atoms with Crippen LogP contribution >= 0.6 is 0 Å². The van der Waals surface area contributed by atoms with Crippen LogP contribution in [0.3, 0.4) is 0 Å². The highest BCUT2D eigenvalue weighted by molar-refractivity contribution is 7.89. The first-order valence-electron chi connectivity index (χ1n) is 9.74. The average Bonchev–Trinajstić information content (AvgIpc) is 2.80. The Morgan fingerprint density at radius 2 is 1.61 bits per heavy atom. The predicted molar refractivity (Wildman–Crippen MR) is 110 cm³/mol. The van der Waals surface area contributed by atoms with E-state index in [1.165, 1.54) is 11.0 Å². The maximum atomic E-state index is 14.0. The summed E-state index contributed by atoms with van der Waals surface area (Å²) in [6, 6.07) is 7.48. The van der Waals surface area contributed by atoms with E-state index in [4.69, 9.17) is 0 Å². The summed E-state index contributed by atoms with van der Waals surface area (Å²) < 4.78 is 67.5. The molecule has 1 saturated heterocycles. The second-order valence-corrected chi connectivity index (χ2v) is 9.23. The van der Waals surface area contributed by atoms with Crippen LogP contribution in [0.1, 0.15) is 0 Å². The van der Waals surface area contributed by atoms with Crippen molar-refractivity contribution in [1.29, 1.82) is 0 Å². The molecule has 9 nitrogen and oxygen atoms in total. The second kappa shape index (κ2) is 8.48. The molecule has 33 heavy (non-hydrogen) atoms. The second-order valence-electron chi connectivity index (χ2n) is 7.33. The topological polar surface area (TPSA) is 113 Å². The van der Waals surface area contributed by atoms with Crippen LogP contribution in [-0.4, -0.2) is 59.3 Å². The van der Waals surface area contributed by atoms with E-state index in [2.05, 4.69) is 4.98 Å². The van der Waals surface area contributed by atoms with E-state index >= 15 is 0 Å². The first-order valence-corrected chi connectivity index (χ1v) is 11.2. The van der Waals surface area contributed by atoms with E-state index in [0.717, 1.165) is 8.87 Å². The Balaban J connectivity index is 1.49. The molecule has 3 aromatic rings. The van der Waals surface area contributed by atoms with E-state index in [1.54, 1.807) is 18.2 Å². The lowest BCUT2D eigenvalue weighted by molar-refractivity contribution is -0.133. The summed E-state index contributed by atoms with van der Waals surface area (Å²) in [6.07, 6.45) is 0. The monoisotopic (exact) mass is 482 g/mol. The van der Waals surface area contributed by atoms with Crippen LogP contribution < -0.4 is 11.2 Å². The van der Waals surface area contributed by atoms with E-state index in [9.17, 15) is 36.0 Å². The molecule has 0 spiro atoms. The molecule has 0 radical (unpaired) electrons. The van der Waals surface area contributed by atoms with Crippen LogP contribution in [0.15, 0.2) is 50.9 Å². The van der Waals surface area contributed by atoms with E-state index in [-0.39, 0.29) is 31.6 Å². The largest absolute Gasteiger partial charge is 0.338 e. The van der Waals surface area contributed by atoms with Gasteiger partial charge in [0, 0.05) is 26.2 Å². The maximum Gasteiger partial charge on any atom is 0.329 e. The highest BCUT2D eigenvalue weighted by Crippen LogP contribution is 2.24. The number of para-hydroxylation sites is 1. The Labute approximate surface area is 184 Å². The molecule has 1 amide bonds. The van der Waals surface area contributed by atoms with Crippen molar-refractivity contribution in [2.75, 3.05) is 26.2 Å². The number of aromatic amines is 1. The smallest absolute Gasteiger partial charge is 0.329 e. The van der Waals surface area contributed by atoms with Crippen molar-refractivity contribution in [2.45, 2.75) is 11.4 Å². The van der Waals surface area contributed by atoms with Gasteiger partial charge in [0.25, 0.3) is 5.56 Å². The third-order valence-electron chi connectivity index (χ3n) is 5.39. The fraction of sp³-hybridized carbons (Fsp3) is 0.250. The predicted octanol–water partition coefficient (Wildman–Crippen LogP) is 0.640. The number of hydrogen-bond donors (Lipinski definition) is 1. The number of H-pyrrole nitrogens is 1. The molecule has 0 saturated carbocycles. The summed E-state index contributed by atoms with van der Waals surface area (Å²) in [4.78, 5) is 40.3. The van der Waals surface area contributed by atoms with Gasteiger partial charge in [-0.25, -0.2) is 26.4 Å². The fourth-order valence-corrected chi connectivity index (χ4v) is 5.08. The van der Waals surface area contributed by atoms with Gasteiger partial charge in [0.15, 0.2) is 17.5 Å². The van der Waals surface area contributed by atoms with Crippen LogP contribution in [0, 0.1) is 17.5 Å². The van der Waals surface area contributed by atoms with E-state index < -0.39 is 56.1 Å². The lowest BCUT2D eigenvalue weighted by Gasteiger charge is -2.34. The minimum absolute atomic E-state index is 0.108. The highest BCUT2D eigenvalue weighted by Gasteiger charge is 2.33. The molecule has 0 bridgehead atoms. The number of sulfonamides is 1. The molecule has 0 aliphatic carbocycles. The number of nitrogens with zero attached hydrogens (tertiary/aromatic N) is 3. The first-order chi connectivity index (χ1) is 15.6. The molecule has 1 aliphatic heterocycles. The summed E-state index contributed by atoms with van der Waals surface area (Å²) in [5.74, 6) is -5.81. The zero-order chi connectivity index (χ0) is 23.9. The zero-order valence-electron chi connectivity index (χ0n) is 16.9. The van der Waals surface area contributed by atoms with Crippen molar-refractivity contribution < 1.29 is 26.4 Å². The van der Waals surface area contributed by atoms with Crippen molar-refractivity contribution in [3.8, 4) is 0 Å². The molecule has 4 rings (SSSR count). The molecular weight excluding hydrogens is 465 g/mol. The van der Waals surface area contributed by atoms with E-state index in [1.807, 2.05) is 0 Å². The number of benzene rings is 2. The fourth-order valence-electron chi connectivity index (χ4n) is 3.60. The molecule has 1 aromatic heterocycles. The molecule has 2 aromatic carbocycles. The normalized spacial score (nSPS) is 15.2. The molecular formula is C20H17F3N4O5S. The molecule has 0 unspecified atom stereocenters. The van der Waals surface area contributed by atoms with Crippen LogP contribution in [0.2, 0.25) is 0 Å². The third-order valence-corrected chi connectivity index (χ3v) is 7.31. The van der Waals surface area contributed by atoms with Gasteiger partial charge in [-0.15, -0.1) is 0 Å². The number of halogens is 3. The molecule has 13 heteroatoms. The van der Waals surface area contributed by atoms with Gasteiger partial charge in [-0.2, -0.15) is 4.31 Å². The Morgan fingerprint density at radius 1 is 0.939 bits per heavy atom. The number of carbonyl (C=O) groups excluding carboxylic acids is 1. The van der Waals surface area contributed by atoms with Crippen LogP contribution in [0.25, 0.3) is 10.9 Å². The number of rotatable bonds is 4. The SMILES string of the molecule is O=C(Cn1c(=O)[nH]c2ccccc2c1=O)N1CCN(S(=O)(=O)c2ccc(F)c(F)c2F)CC1. The van der Waals surface area contributed by atoms with Crippen molar-refractivity contribution in [2.24, 2.45) is 0 Å². The summed E-state index contributed by atoms with van der Waals surface area (Å²) >= 11 is 0. The van der Waals surface area contributed by atoms with Gasteiger partial charge in [-0.3, -0.25) is 14.2 Å². The van der Waals surface area contributed by atoms with Gasteiger partial charge >= 0.3 is 5.69 Å². The lowest BCUT2D eigenvalue weighted by atomic mass is 10.2. The summed E-state index contributed by atoms with van der Waals surface area (Å²) in [5.41, 5.74) is -1.07. The van der Waals surface area contributed by atoms with E-state index in [0.29, 0.717) is 17.6 Å². The average molecular weight is 482 g/mol. The van der Waals surface area contributed by atoms with Gasteiger partial charge in [0.05, 0.1) is 10.9 Å². The van der Waals surface area contributed by atoms with Crippen LogP contribution in [-0.2, 0) is 21.4 Å². The number of nitrogens with one attached hydrogen (secondary N) is 1. The highest BCUT2D eigenvalue weighted by atomic mass is 32.2. The van der Waals surface area contributed by atoms with Gasteiger partial charge in [0.1, 0.15) is 11.4 Å². The summed E-state index contributed by atoms with van der Waals surface area (Å²) in [5, 5.41) is 0.231. The van der Waals surface area contributed by atoms with Gasteiger partial charge in [-0.1, -0.05) is 12.1 Å². The minimum Gasteiger partial charge on any atom is -0.338 e. The number of fused-ring (bicyclic) bond motifs is 1. The Morgan fingerprint density at radius 3 is 2.30 bits per heavy atom. The van der Waals surface area contributed by atoms with Crippen molar-refractivity contribution in [3.05, 3.63) is 74.7 Å². The number of piperazine rings is 1. The molecule has 1 N–H and O–H groups in total. The summed E-state index contributed by atoms with van der Waals surface area (Å²) in [6.45, 7) is -1.25. The quantitative estimate of drug-likeness (QED) is 0.549. The number of aromatic nitrogens is 2. The molecule has 174 valence electrons.